The quantitative estimate of drug-likeness (QED) is 0.128. The zero-order valence-corrected chi connectivity index (χ0v) is 18.7. The van der Waals surface area contributed by atoms with Gasteiger partial charge in [0.1, 0.15) is 12.3 Å². The van der Waals surface area contributed by atoms with Crippen molar-refractivity contribution in [2.75, 3.05) is 71.3 Å². The number of nitrogens with one attached hydrogen (secondary N) is 1. The number of nitro benzene ring substituents is 2. The van der Waals surface area contributed by atoms with Gasteiger partial charge in [-0.3, -0.25) is 25.0 Å². The number of hydrogen-bond donors (Lipinski definition) is 1. The van der Waals surface area contributed by atoms with Crippen LogP contribution in [-0.4, -0.2) is 81.8 Å². The molecule has 0 fully saturated rings. The molecule has 0 aromatic heterocycles. The van der Waals surface area contributed by atoms with Gasteiger partial charge in [-0.2, -0.15) is 0 Å². The number of rotatable bonds is 20. The molecule has 0 radical (unpaired) electrons. The van der Waals surface area contributed by atoms with E-state index in [-0.39, 0.29) is 36.2 Å². The number of nitrogens with zero attached hydrogens (tertiary/aromatic N) is 2. The monoisotopic (exact) mass is 473 g/mol. The fraction of sp³-hybridized carbons (Fsp3) is 0.650. The number of non-ortho nitro benzene ring substituents is 1. The highest BCUT2D eigenvalue weighted by molar-refractivity contribution is 5.69. The van der Waals surface area contributed by atoms with Gasteiger partial charge in [-0.05, 0) is 12.5 Å². The lowest BCUT2D eigenvalue weighted by atomic mass is 10.2. The molecule has 0 aliphatic heterocycles. The minimum atomic E-state index is -0.686. The van der Waals surface area contributed by atoms with E-state index in [1.807, 2.05) is 6.92 Å². The SMILES string of the molecule is CCCC(=O)OCCOCCOCCOCCOCCNc1ccc([N+](=O)[O-])cc1[N+](=O)[O-]. The van der Waals surface area contributed by atoms with E-state index in [4.69, 9.17) is 23.7 Å². The molecule has 0 heterocycles. The van der Waals surface area contributed by atoms with Crippen LogP contribution in [0.1, 0.15) is 19.8 Å². The maximum Gasteiger partial charge on any atom is 0.305 e. The van der Waals surface area contributed by atoms with E-state index in [1.165, 1.54) is 12.1 Å². The van der Waals surface area contributed by atoms with Crippen LogP contribution < -0.4 is 5.32 Å². The third kappa shape index (κ3) is 13.3. The lowest BCUT2D eigenvalue weighted by Gasteiger charge is -2.09. The summed E-state index contributed by atoms with van der Waals surface area (Å²) < 4.78 is 26.3. The Morgan fingerprint density at radius 3 is 1.91 bits per heavy atom. The highest BCUT2D eigenvalue weighted by atomic mass is 16.6. The van der Waals surface area contributed by atoms with Crippen LogP contribution in [0.4, 0.5) is 17.1 Å². The summed E-state index contributed by atoms with van der Waals surface area (Å²) in [6.07, 6.45) is 1.17. The van der Waals surface area contributed by atoms with Crippen LogP contribution >= 0.6 is 0 Å². The summed E-state index contributed by atoms with van der Waals surface area (Å²) in [6.45, 7) is 5.35. The van der Waals surface area contributed by atoms with Gasteiger partial charge < -0.3 is 29.0 Å². The maximum atomic E-state index is 11.1. The zero-order valence-electron chi connectivity index (χ0n) is 18.7. The largest absolute Gasteiger partial charge is 0.463 e. The van der Waals surface area contributed by atoms with Gasteiger partial charge in [0, 0.05) is 19.0 Å². The molecule has 0 bridgehead atoms. The molecule has 13 nitrogen and oxygen atoms in total. The first-order valence-corrected chi connectivity index (χ1v) is 10.6. The van der Waals surface area contributed by atoms with Crippen molar-refractivity contribution < 1.29 is 38.3 Å². The summed E-state index contributed by atoms with van der Waals surface area (Å²) >= 11 is 0. The standard InChI is InChI=1S/C20H31N3O10/c1-2-3-20(24)33-15-14-32-13-12-31-11-10-30-9-8-29-7-6-21-18-5-4-17(22(25)26)16-19(18)23(27)28/h4-5,16,21H,2-3,6-15H2,1H3. The zero-order chi connectivity index (χ0) is 24.3. The number of benzene rings is 1. The van der Waals surface area contributed by atoms with Gasteiger partial charge in [-0.25, -0.2) is 0 Å². The predicted molar refractivity (Wildman–Crippen MR) is 117 cm³/mol. The second-order valence-electron chi connectivity index (χ2n) is 6.56. The maximum absolute atomic E-state index is 11.1. The molecule has 0 aliphatic rings. The van der Waals surface area contributed by atoms with Gasteiger partial charge in [0.2, 0.25) is 0 Å². The molecule has 1 aromatic rings. The van der Waals surface area contributed by atoms with Gasteiger partial charge in [0.25, 0.3) is 11.4 Å². The first kappa shape index (κ1) is 28.2. The summed E-state index contributed by atoms with van der Waals surface area (Å²) in [4.78, 5) is 31.6. The summed E-state index contributed by atoms with van der Waals surface area (Å²) in [6, 6.07) is 3.41. The fourth-order valence-corrected chi connectivity index (χ4v) is 2.44. The molecule has 0 aliphatic carbocycles. The van der Waals surface area contributed by atoms with E-state index in [0.717, 1.165) is 12.5 Å². The molecule has 33 heavy (non-hydrogen) atoms. The third-order valence-corrected chi connectivity index (χ3v) is 4.01. The van der Waals surface area contributed by atoms with Crippen LogP contribution in [0.3, 0.4) is 0 Å². The molecule has 13 heteroatoms. The number of hydrogen-bond acceptors (Lipinski definition) is 11. The van der Waals surface area contributed by atoms with Crippen molar-refractivity contribution >= 4 is 23.0 Å². The Hall–Kier alpha value is -2.87. The number of ether oxygens (including phenoxy) is 5. The molecule has 0 spiro atoms. The molecular formula is C20H31N3O10. The molecule has 0 amide bonds. The van der Waals surface area contributed by atoms with E-state index < -0.39 is 9.85 Å². The van der Waals surface area contributed by atoms with Crippen LogP contribution in [0.25, 0.3) is 0 Å². The lowest BCUT2D eigenvalue weighted by molar-refractivity contribution is -0.393. The molecule has 1 aromatic carbocycles. The van der Waals surface area contributed by atoms with Crippen LogP contribution in [0.2, 0.25) is 0 Å². The van der Waals surface area contributed by atoms with E-state index in [9.17, 15) is 25.0 Å². The van der Waals surface area contributed by atoms with Gasteiger partial charge in [0.15, 0.2) is 0 Å². The number of esters is 1. The van der Waals surface area contributed by atoms with Crippen LogP contribution in [0, 0.1) is 20.2 Å². The van der Waals surface area contributed by atoms with E-state index in [0.29, 0.717) is 59.2 Å². The van der Waals surface area contributed by atoms with E-state index in [1.54, 1.807) is 0 Å². The van der Waals surface area contributed by atoms with Crippen molar-refractivity contribution in [3.63, 3.8) is 0 Å². The third-order valence-electron chi connectivity index (χ3n) is 4.01. The first-order chi connectivity index (χ1) is 16.0. The van der Waals surface area contributed by atoms with Crippen molar-refractivity contribution in [2.45, 2.75) is 19.8 Å². The Morgan fingerprint density at radius 1 is 0.848 bits per heavy atom. The van der Waals surface area contributed by atoms with Gasteiger partial charge in [-0.15, -0.1) is 0 Å². The van der Waals surface area contributed by atoms with Crippen molar-refractivity contribution in [3.05, 3.63) is 38.4 Å². The Kier molecular flexibility index (Phi) is 15.1. The summed E-state index contributed by atoms with van der Waals surface area (Å²) in [5.41, 5.74) is -0.528. The Labute approximate surface area is 191 Å². The summed E-state index contributed by atoms with van der Waals surface area (Å²) in [5.74, 6) is -0.219. The van der Waals surface area contributed by atoms with E-state index in [2.05, 4.69) is 5.32 Å². The van der Waals surface area contributed by atoms with E-state index >= 15 is 0 Å². The molecule has 0 saturated carbocycles. The van der Waals surface area contributed by atoms with Crippen LogP contribution in [0.5, 0.6) is 0 Å². The number of nitro groups is 2. The molecule has 1 rings (SSSR count). The topological polar surface area (TPSA) is 162 Å². The second kappa shape index (κ2) is 17.7. The van der Waals surface area contributed by atoms with Crippen molar-refractivity contribution in [1.29, 1.82) is 0 Å². The number of carbonyl (C=O) groups excluding carboxylic acids is 1. The Balaban J connectivity index is 1.95. The minimum Gasteiger partial charge on any atom is -0.463 e. The van der Waals surface area contributed by atoms with Gasteiger partial charge in [0.05, 0.1) is 68.8 Å². The highest BCUT2D eigenvalue weighted by Gasteiger charge is 2.18. The average molecular weight is 473 g/mol. The smallest absolute Gasteiger partial charge is 0.305 e. The Bertz CT molecular complexity index is 732. The predicted octanol–water partition coefficient (Wildman–Crippen LogP) is 2.32. The number of carbonyl (C=O) groups is 1. The van der Waals surface area contributed by atoms with Crippen molar-refractivity contribution in [3.8, 4) is 0 Å². The lowest BCUT2D eigenvalue weighted by Crippen LogP contribution is -2.15. The van der Waals surface area contributed by atoms with Crippen molar-refractivity contribution in [1.82, 2.24) is 0 Å². The van der Waals surface area contributed by atoms with Crippen molar-refractivity contribution in [2.24, 2.45) is 0 Å². The van der Waals surface area contributed by atoms with Gasteiger partial charge in [-0.1, -0.05) is 6.92 Å². The highest BCUT2D eigenvalue weighted by Crippen LogP contribution is 2.28. The molecular weight excluding hydrogens is 442 g/mol. The molecule has 1 N–H and O–H groups in total. The Morgan fingerprint density at radius 2 is 1.39 bits per heavy atom. The fourth-order valence-electron chi connectivity index (χ4n) is 2.44. The number of anilines is 1. The van der Waals surface area contributed by atoms with Crippen LogP contribution in [-0.2, 0) is 28.5 Å². The molecule has 186 valence electrons. The second-order valence-corrected chi connectivity index (χ2v) is 6.56. The molecule has 0 saturated heterocycles. The van der Waals surface area contributed by atoms with Crippen LogP contribution in [0.15, 0.2) is 18.2 Å². The van der Waals surface area contributed by atoms with Gasteiger partial charge >= 0.3 is 5.97 Å². The summed E-state index contributed by atoms with van der Waals surface area (Å²) in [7, 11) is 0. The average Bonchev–Trinajstić information content (AvgIpc) is 2.78. The molecule has 0 unspecified atom stereocenters. The minimum absolute atomic E-state index is 0.184. The first-order valence-electron chi connectivity index (χ1n) is 10.6. The molecule has 0 atom stereocenters. The normalized spacial score (nSPS) is 10.7. The summed E-state index contributed by atoms with van der Waals surface area (Å²) in [5, 5.41) is 24.6.